The molecule has 1 amide bonds. The van der Waals surface area contributed by atoms with Gasteiger partial charge in [0.2, 0.25) is 0 Å². The number of carbonyl (C=O) groups excluding carboxylic acids is 1. The maximum Gasteiger partial charge on any atom is 0.255 e. The summed E-state index contributed by atoms with van der Waals surface area (Å²) in [5.41, 5.74) is 1.73. The normalized spacial score (nSPS) is 23.3. The first-order chi connectivity index (χ1) is 12.2. The van der Waals surface area contributed by atoms with Crippen molar-refractivity contribution < 1.29 is 9.53 Å². The monoisotopic (exact) mass is 337 g/mol. The van der Waals surface area contributed by atoms with E-state index in [1.54, 1.807) is 6.20 Å². The topological polar surface area (TPSA) is 54.5 Å². The Morgan fingerprint density at radius 1 is 1.16 bits per heavy atom. The van der Waals surface area contributed by atoms with Gasteiger partial charge in [0, 0.05) is 18.8 Å². The van der Waals surface area contributed by atoms with Crippen LogP contribution in [0.5, 0.6) is 0 Å². The number of benzene rings is 1. The SMILES string of the molecule is C[C@H]1CN(C(=O)c2ccc(NC3CC3)nc2)C[C@@H](c2ccccc2)O1. The first-order valence-corrected chi connectivity index (χ1v) is 8.91. The van der Waals surface area contributed by atoms with E-state index in [0.717, 1.165) is 11.4 Å². The zero-order chi connectivity index (χ0) is 17.2. The zero-order valence-electron chi connectivity index (χ0n) is 14.4. The van der Waals surface area contributed by atoms with Gasteiger partial charge in [-0.15, -0.1) is 0 Å². The molecule has 1 aromatic carbocycles. The molecule has 5 heteroatoms. The van der Waals surface area contributed by atoms with Gasteiger partial charge in [-0.05, 0) is 37.5 Å². The lowest BCUT2D eigenvalue weighted by molar-refractivity contribution is -0.0691. The Bertz CT molecular complexity index is 728. The average Bonchev–Trinajstić information content (AvgIpc) is 3.46. The van der Waals surface area contributed by atoms with Crippen molar-refractivity contribution in [3.8, 4) is 0 Å². The second-order valence-electron chi connectivity index (χ2n) is 6.91. The third-order valence-electron chi connectivity index (χ3n) is 4.66. The molecule has 1 saturated heterocycles. The third kappa shape index (κ3) is 3.82. The van der Waals surface area contributed by atoms with E-state index in [4.69, 9.17) is 4.74 Å². The molecule has 0 spiro atoms. The molecule has 2 fully saturated rings. The Morgan fingerprint density at radius 2 is 1.96 bits per heavy atom. The maximum atomic E-state index is 12.9. The van der Waals surface area contributed by atoms with Gasteiger partial charge in [-0.2, -0.15) is 0 Å². The van der Waals surface area contributed by atoms with Crippen LogP contribution >= 0.6 is 0 Å². The highest BCUT2D eigenvalue weighted by molar-refractivity contribution is 5.94. The van der Waals surface area contributed by atoms with Gasteiger partial charge in [-0.3, -0.25) is 4.79 Å². The molecule has 1 N–H and O–H groups in total. The van der Waals surface area contributed by atoms with Crippen molar-refractivity contribution in [2.75, 3.05) is 18.4 Å². The molecule has 5 nitrogen and oxygen atoms in total. The lowest BCUT2D eigenvalue weighted by Gasteiger charge is -2.37. The number of nitrogens with one attached hydrogen (secondary N) is 1. The van der Waals surface area contributed by atoms with Gasteiger partial charge in [-0.1, -0.05) is 30.3 Å². The molecule has 1 saturated carbocycles. The number of morpholine rings is 1. The van der Waals surface area contributed by atoms with Crippen LogP contribution in [0.1, 0.15) is 41.8 Å². The van der Waals surface area contributed by atoms with Crippen molar-refractivity contribution in [1.82, 2.24) is 9.88 Å². The maximum absolute atomic E-state index is 12.9. The van der Waals surface area contributed by atoms with Gasteiger partial charge in [0.05, 0.1) is 18.2 Å². The molecule has 0 radical (unpaired) electrons. The minimum absolute atomic E-state index is 0.00618. The Kier molecular flexibility index (Phi) is 4.40. The standard InChI is InChI=1S/C20H23N3O2/c1-14-12-23(13-18(25-14)15-5-3-2-4-6-15)20(24)16-7-10-19(21-11-16)22-17-8-9-17/h2-7,10-11,14,17-18H,8-9,12-13H2,1H3,(H,21,22)/t14-,18-/m0/s1. The van der Waals surface area contributed by atoms with Gasteiger partial charge in [0.25, 0.3) is 5.91 Å². The highest BCUT2D eigenvalue weighted by Gasteiger charge is 2.30. The number of aromatic nitrogens is 1. The second-order valence-corrected chi connectivity index (χ2v) is 6.91. The fourth-order valence-electron chi connectivity index (χ4n) is 3.19. The van der Waals surface area contributed by atoms with Crippen molar-refractivity contribution in [2.24, 2.45) is 0 Å². The Labute approximate surface area is 148 Å². The first-order valence-electron chi connectivity index (χ1n) is 8.91. The fraction of sp³-hybridized carbons (Fsp3) is 0.400. The van der Waals surface area contributed by atoms with E-state index in [-0.39, 0.29) is 18.1 Å². The van der Waals surface area contributed by atoms with Crippen LogP contribution in [0.3, 0.4) is 0 Å². The summed E-state index contributed by atoms with van der Waals surface area (Å²) in [5.74, 6) is 0.859. The average molecular weight is 337 g/mol. The summed E-state index contributed by atoms with van der Waals surface area (Å²) < 4.78 is 6.04. The van der Waals surface area contributed by atoms with Gasteiger partial charge in [0.1, 0.15) is 11.9 Å². The molecule has 0 bridgehead atoms. The molecule has 2 atom stereocenters. The van der Waals surface area contributed by atoms with E-state index in [0.29, 0.717) is 24.7 Å². The molecule has 2 heterocycles. The smallest absolute Gasteiger partial charge is 0.255 e. The lowest BCUT2D eigenvalue weighted by atomic mass is 10.1. The minimum Gasteiger partial charge on any atom is -0.367 e. The van der Waals surface area contributed by atoms with E-state index < -0.39 is 0 Å². The van der Waals surface area contributed by atoms with Crippen LogP contribution in [-0.4, -0.2) is 41.0 Å². The highest BCUT2D eigenvalue weighted by atomic mass is 16.5. The molecule has 0 unspecified atom stereocenters. The van der Waals surface area contributed by atoms with Crippen molar-refractivity contribution in [2.45, 2.75) is 38.0 Å². The third-order valence-corrected chi connectivity index (χ3v) is 4.66. The molecule has 2 aliphatic rings. The van der Waals surface area contributed by atoms with Gasteiger partial charge < -0.3 is 15.0 Å². The Hall–Kier alpha value is -2.40. The predicted molar refractivity (Wildman–Crippen MR) is 96.5 cm³/mol. The van der Waals surface area contributed by atoms with Crippen LogP contribution in [0, 0.1) is 0 Å². The molecule has 2 aromatic rings. The van der Waals surface area contributed by atoms with Crippen molar-refractivity contribution in [3.63, 3.8) is 0 Å². The quantitative estimate of drug-likeness (QED) is 0.930. The zero-order valence-corrected chi connectivity index (χ0v) is 14.4. The molecule has 1 aliphatic carbocycles. The summed E-state index contributed by atoms with van der Waals surface area (Å²) >= 11 is 0. The van der Waals surface area contributed by atoms with Gasteiger partial charge in [-0.25, -0.2) is 4.98 Å². The van der Waals surface area contributed by atoms with E-state index in [1.807, 2.05) is 54.3 Å². The molecular weight excluding hydrogens is 314 g/mol. The number of hydrogen-bond acceptors (Lipinski definition) is 4. The van der Waals surface area contributed by atoms with E-state index in [1.165, 1.54) is 12.8 Å². The van der Waals surface area contributed by atoms with E-state index >= 15 is 0 Å². The van der Waals surface area contributed by atoms with Crippen LogP contribution in [-0.2, 0) is 4.74 Å². The van der Waals surface area contributed by atoms with Crippen LogP contribution < -0.4 is 5.32 Å². The summed E-state index contributed by atoms with van der Waals surface area (Å²) in [4.78, 5) is 19.1. The summed E-state index contributed by atoms with van der Waals surface area (Å²) in [6, 6.07) is 14.4. The Morgan fingerprint density at radius 3 is 2.64 bits per heavy atom. The number of anilines is 1. The number of rotatable bonds is 4. The molecule has 130 valence electrons. The predicted octanol–water partition coefficient (Wildman–Crippen LogP) is 3.26. The van der Waals surface area contributed by atoms with E-state index in [9.17, 15) is 4.79 Å². The number of amides is 1. The van der Waals surface area contributed by atoms with Crippen molar-refractivity contribution in [1.29, 1.82) is 0 Å². The van der Waals surface area contributed by atoms with Crippen molar-refractivity contribution in [3.05, 3.63) is 59.8 Å². The molecular formula is C20H23N3O2. The second kappa shape index (κ2) is 6.84. The number of hydrogen-bond donors (Lipinski definition) is 1. The molecule has 1 aliphatic heterocycles. The summed E-state index contributed by atoms with van der Waals surface area (Å²) in [6.45, 7) is 3.18. The van der Waals surface area contributed by atoms with Gasteiger partial charge in [0.15, 0.2) is 0 Å². The van der Waals surface area contributed by atoms with Crippen LogP contribution in [0.4, 0.5) is 5.82 Å². The minimum atomic E-state index is -0.0855. The molecule has 1 aromatic heterocycles. The Balaban J connectivity index is 1.46. The summed E-state index contributed by atoms with van der Waals surface area (Å²) in [7, 11) is 0. The van der Waals surface area contributed by atoms with Crippen LogP contribution in [0.25, 0.3) is 0 Å². The van der Waals surface area contributed by atoms with Crippen LogP contribution in [0.2, 0.25) is 0 Å². The molecule has 4 rings (SSSR count). The first kappa shape index (κ1) is 16.1. The van der Waals surface area contributed by atoms with Crippen molar-refractivity contribution >= 4 is 11.7 Å². The number of nitrogens with zero attached hydrogens (tertiary/aromatic N) is 2. The summed E-state index contributed by atoms with van der Waals surface area (Å²) in [6.07, 6.45) is 4.00. The number of ether oxygens (including phenoxy) is 1. The fourth-order valence-corrected chi connectivity index (χ4v) is 3.19. The van der Waals surface area contributed by atoms with Gasteiger partial charge >= 0.3 is 0 Å². The van der Waals surface area contributed by atoms with E-state index in [2.05, 4.69) is 10.3 Å². The number of carbonyl (C=O) groups is 1. The lowest BCUT2D eigenvalue weighted by Crippen LogP contribution is -2.46. The van der Waals surface area contributed by atoms with Crippen LogP contribution in [0.15, 0.2) is 48.7 Å². The largest absolute Gasteiger partial charge is 0.367 e. The summed E-state index contributed by atoms with van der Waals surface area (Å²) in [5, 5.41) is 3.34. The molecule has 25 heavy (non-hydrogen) atoms. The highest BCUT2D eigenvalue weighted by Crippen LogP contribution is 2.27. The number of pyridine rings is 1.